The predicted molar refractivity (Wildman–Crippen MR) is 122 cm³/mol. The first kappa shape index (κ1) is 22.5. The lowest BCUT2D eigenvalue weighted by atomic mass is 10.3. The molecule has 0 bridgehead atoms. The van der Waals surface area contributed by atoms with Crippen molar-refractivity contribution in [3.8, 4) is 5.75 Å². The summed E-state index contributed by atoms with van der Waals surface area (Å²) in [5.74, 6) is 1.67. The van der Waals surface area contributed by atoms with Crippen LogP contribution >= 0.6 is 35.0 Å². The van der Waals surface area contributed by atoms with Crippen molar-refractivity contribution in [2.75, 3.05) is 17.7 Å². The van der Waals surface area contributed by atoms with Crippen molar-refractivity contribution in [1.29, 1.82) is 0 Å². The van der Waals surface area contributed by atoms with Crippen LogP contribution < -0.4 is 10.1 Å². The average Bonchev–Trinajstić information content (AvgIpc) is 3.13. The lowest BCUT2D eigenvalue weighted by Gasteiger charge is -2.09. The molecule has 0 unspecified atom stereocenters. The molecule has 1 amide bonds. The molecule has 0 radical (unpaired) electrons. The second-order valence-corrected chi connectivity index (χ2v) is 8.16. The summed E-state index contributed by atoms with van der Waals surface area (Å²) in [5.41, 5.74) is 0.779. The van der Waals surface area contributed by atoms with E-state index < -0.39 is 0 Å². The number of aryl methyl sites for hydroxylation is 1. The van der Waals surface area contributed by atoms with Crippen LogP contribution in [0.4, 0.5) is 5.69 Å². The topological polar surface area (TPSA) is 69.0 Å². The van der Waals surface area contributed by atoms with Crippen LogP contribution in [-0.4, -0.2) is 33.0 Å². The first-order valence-corrected chi connectivity index (χ1v) is 11.3. The molecular weight excluding hydrogens is 443 g/mol. The minimum atomic E-state index is -0.0772. The normalized spacial score (nSPS) is 10.8. The SMILES string of the molecule is CCn1c(CCCOc2ccc(Cl)cc2Cl)nnc1SCC(=O)Nc1ccccc1. The van der Waals surface area contributed by atoms with E-state index in [9.17, 15) is 4.79 Å². The van der Waals surface area contributed by atoms with Gasteiger partial charge in [-0.2, -0.15) is 0 Å². The maximum absolute atomic E-state index is 12.2. The van der Waals surface area contributed by atoms with Crippen molar-refractivity contribution in [3.63, 3.8) is 0 Å². The number of para-hydroxylation sites is 1. The zero-order valence-corrected chi connectivity index (χ0v) is 18.8. The third-order valence-electron chi connectivity index (χ3n) is 4.20. The number of anilines is 1. The summed E-state index contributed by atoms with van der Waals surface area (Å²) in [6.07, 6.45) is 1.47. The third kappa shape index (κ3) is 6.39. The number of ether oxygens (including phenoxy) is 1. The van der Waals surface area contributed by atoms with Gasteiger partial charge < -0.3 is 14.6 Å². The maximum atomic E-state index is 12.2. The summed E-state index contributed by atoms with van der Waals surface area (Å²) in [6, 6.07) is 14.5. The van der Waals surface area contributed by atoms with E-state index >= 15 is 0 Å². The standard InChI is InChI=1S/C21H22Cl2N4O2S/c1-2-27-19(9-6-12-29-18-11-10-15(22)13-17(18)23)25-26-21(27)30-14-20(28)24-16-7-4-3-5-8-16/h3-5,7-8,10-11,13H,2,6,9,12,14H2,1H3,(H,24,28). The van der Waals surface area contributed by atoms with Gasteiger partial charge in [-0.15, -0.1) is 10.2 Å². The van der Waals surface area contributed by atoms with Crippen molar-refractivity contribution >= 4 is 46.6 Å². The molecule has 1 aromatic heterocycles. The molecule has 0 aliphatic carbocycles. The van der Waals surface area contributed by atoms with E-state index in [1.807, 2.05) is 41.8 Å². The average molecular weight is 465 g/mol. The zero-order valence-electron chi connectivity index (χ0n) is 16.5. The van der Waals surface area contributed by atoms with Gasteiger partial charge in [0.05, 0.1) is 17.4 Å². The van der Waals surface area contributed by atoms with E-state index in [0.717, 1.165) is 29.6 Å². The molecule has 1 N–H and O–H groups in total. The molecule has 3 aromatic rings. The molecule has 158 valence electrons. The van der Waals surface area contributed by atoms with Gasteiger partial charge in [0, 0.05) is 23.7 Å². The third-order valence-corrected chi connectivity index (χ3v) is 5.69. The molecule has 0 spiro atoms. The molecule has 9 heteroatoms. The second kappa shape index (κ2) is 11.2. The van der Waals surface area contributed by atoms with Gasteiger partial charge in [-0.05, 0) is 43.7 Å². The van der Waals surface area contributed by atoms with E-state index in [1.165, 1.54) is 11.8 Å². The Morgan fingerprint density at radius 2 is 1.97 bits per heavy atom. The van der Waals surface area contributed by atoms with Crippen molar-refractivity contribution < 1.29 is 9.53 Å². The molecule has 0 aliphatic heterocycles. The van der Waals surface area contributed by atoms with Gasteiger partial charge in [0.1, 0.15) is 11.6 Å². The lowest BCUT2D eigenvalue weighted by Crippen LogP contribution is -2.14. The maximum Gasteiger partial charge on any atom is 0.234 e. The highest BCUT2D eigenvalue weighted by Crippen LogP contribution is 2.27. The van der Waals surface area contributed by atoms with Crippen molar-refractivity contribution in [2.24, 2.45) is 0 Å². The summed E-state index contributed by atoms with van der Waals surface area (Å²) in [4.78, 5) is 12.2. The predicted octanol–water partition coefficient (Wildman–Crippen LogP) is 5.35. The number of nitrogens with one attached hydrogen (secondary N) is 1. The van der Waals surface area contributed by atoms with Crippen LogP contribution in [0, 0.1) is 0 Å². The number of amides is 1. The number of rotatable bonds is 10. The number of carbonyl (C=O) groups is 1. The fourth-order valence-corrected chi connectivity index (χ4v) is 4.07. The molecule has 0 fully saturated rings. The number of thioether (sulfide) groups is 1. The van der Waals surface area contributed by atoms with Crippen LogP contribution in [0.15, 0.2) is 53.7 Å². The van der Waals surface area contributed by atoms with Crippen molar-refractivity contribution in [3.05, 3.63) is 64.4 Å². The Kier molecular flexibility index (Phi) is 8.42. The Morgan fingerprint density at radius 1 is 1.17 bits per heavy atom. The number of nitrogens with zero attached hydrogens (tertiary/aromatic N) is 3. The number of hydrogen-bond donors (Lipinski definition) is 1. The van der Waals surface area contributed by atoms with Crippen LogP contribution in [0.5, 0.6) is 5.75 Å². The van der Waals surface area contributed by atoms with E-state index in [0.29, 0.717) is 28.8 Å². The number of benzene rings is 2. The Bertz CT molecular complexity index is 982. The Labute approximate surface area is 189 Å². The van der Waals surface area contributed by atoms with Crippen molar-refractivity contribution in [2.45, 2.75) is 31.5 Å². The smallest absolute Gasteiger partial charge is 0.234 e. The Hall–Kier alpha value is -2.22. The van der Waals surface area contributed by atoms with E-state index in [4.69, 9.17) is 27.9 Å². The molecule has 0 saturated carbocycles. The monoisotopic (exact) mass is 464 g/mol. The lowest BCUT2D eigenvalue weighted by molar-refractivity contribution is -0.113. The minimum Gasteiger partial charge on any atom is -0.492 e. The van der Waals surface area contributed by atoms with Crippen LogP contribution in [0.2, 0.25) is 10.0 Å². The van der Waals surface area contributed by atoms with Crippen LogP contribution in [0.3, 0.4) is 0 Å². The van der Waals surface area contributed by atoms with Gasteiger partial charge in [-0.3, -0.25) is 4.79 Å². The van der Waals surface area contributed by atoms with E-state index in [-0.39, 0.29) is 11.7 Å². The van der Waals surface area contributed by atoms with Gasteiger partial charge in [0.2, 0.25) is 5.91 Å². The number of aromatic nitrogens is 3. The van der Waals surface area contributed by atoms with E-state index in [1.54, 1.807) is 18.2 Å². The quantitative estimate of drug-likeness (QED) is 0.323. The summed E-state index contributed by atoms with van der Waals surface area (Å²) >= 11 is 13.4. The van der Waals surface area contributed by atoms with Crippen LogP contribution in [0.25, 0.3) is 0 Å². The highest BCUT2D eigenvalue weighted by molar-refractivity contribution is 7.99. The molecule has 6 nitrogen and oxygen atoms in total. The molecule has 3 rings (SSSR count). The number of carbonyl (C=O) groups excluding carboxylic acids is 1. The molecule has 0 saturated heterocycles. The fraction of sp³-hybridized carbons (Fsp3) is 0.286. The summed E-state index contributed by atoms with van der Waals surface area (Å²) in [7, 11) is 0. The molecule has 30 heavy (non-hydrogen) atoms. The largest absolute Gasteiger partial charge is 0.492 e. The number of halogens is 2. The molecule has 0 aliphatic rings. The molecule has 0 atom stereocenters. The Balaban J connectivity index is 1.48. The first-order chi connectivity index (χ1) is 14.6. The van der Waals surface area contributed by atoms with Gasteiger partial charge >= 0.3 is 0 Å². The van der Waals surface area contributed by atoms with E-state index in [2.05, 4.69) is 15.5 Å². The minimum absolute atomic E-state index is 0.0772. The summed E-state index contributed by atoms with van der Waals surface area (Å²) in [5, 5.41) is 13.2. The van der Waals surface area contributed by atoms with Gasteiger partial charge in [-0.1, -0.05) is 53.2 Å². The molecule has 2 aromatic carbocycles. The first-order valence-electron chi connectivity index (χ1n) is 9.54. The van der Waals surface area contributed by atoms with Crippen LogP contribution in [0.1, 0.15) is 19.2 Å². The van der Waals surface area contributed by atoms with Crippen molar-refractivity contribution in [1.82, 2.24) is 14.8 Å². The fourth-order valence-electron chi connectivity index (χ4n) is 2.78. The summed E-state index contributed by atoms with van der Waals surface area (Å²) in [6.45, 7) is 3.26. The van der Waals surface area contributed by atoms with Crippen LogP contribution in [-0.2, 0) is 17.8 Å². The van der Waals surface area contributed by atoms with Gasteiger partial charge in [-0.25, -0.2) is 0 Å². The van der Waals surface area contributed by atoms with Gasteiger partial charge in [0.15, 0.2) is 5.16 Å². The summed E-state index contributed by atoms with van der Waals surface area (Å²) < 4.78 is 7.75. The Morgan fingerprint density at radius 3 is 2.70 bits per heavy atom. The zero-order chi connectivity index (χ0) is 21.3. The number of hydrogen-bond acceptors (Lipinski definition) is 5. The molecule has 1 heterocycles. The highest BCUT2D eigenvalue weighted by Gasteiger charge is 2.13. The highest BCUT2D eigenvalue weighted by atomic mass is 35.5. The second-order valence-electron chi connectivity index (χ2n) is 6.37. The van der Waals surface area contributed by atoms with Gasteiger partial charge in [0.25, 0.3) is 0 Å². The molecular formula is C21H22Cl2N4O2S.